The second kappa shape index (κ2) is 4.57. The van der Waals surface area contributed by atoms with E-state index in [9.17, 15) is 0 Å². The minimum atomic E-state index is 0.178. The third kappa shape index (κ3) is 2.45. The Labute approximate surface area is 96.3 Å². The van der Waals surface area contributed by atoms with Crippen molar-refractivity contribution in [1.82, 2.24) is 5.32 Å². The van der Waals surface area contributed by atoms with Crippen LogP contribution in [0, 0.1) is 0 Å². The van der Waals surface area contributed by atoms with Gasteiger partial charge in [-0.05, 0) is 27.4 Å². The predicted molar refractivity (Wildman–Crippen MR) is 64.7 cm³/mol. The van der Waals surface area contributed by atoms with E-state index in [-0.39, 0.29) is 6.04 Å². The Morgan fingerprint density at radius 1 is 1.64 bits per heavy atom. The first kappa shape index (κ1) is 10.4. The molecule has 1 atom stereocenters. The molecule has 4 heteroatoms. The SMILES string of the molecule is NC1C=C(Cc2sccc2Br)CNC1. The molecule has 0 spiro atoms. The van der Waals surface area contributed by atoms with Crippen molar-refractivity contribution in [2.24, 2.45) is 5.73 Å². The van der Waals surface area contributed by atoms with Crippen molar-refractivity contribution in [2.75, 3.05) is 13.1 Å². The predicted octanol–water partition coefficient (Wildman–Crippen LogP) is 1.91. The Bertz CT molecular complexity index is 346. The molecule has 14 heavy (non-hydrogen) atoms. The van der Waals surface area contributed by atoms with Crippen LogP contribution in [0.4, 0.5) is 0 Å². The van der Waals surface area contributed by atoms with Gasteiger partial charge in [-0.3, -0.25) is 0 Å². The highest BCUT2D eigenvalue weighted by molar-refractivity contribution is 9.10. The molecule has 0 amide bonds. The Hall–Kier alpha value is -0.160. The van der Waals surface area contributed by atoms with Crippen molar-refractivity contribution < 1.29 is 0 Å². The standard InChI is InChI=1S/C10H13BrN2S/c11-9-1-2-14-10(9)4-7-3-8(12)6-13-5-7/h1-3,8,13H,4-6,12H2. The molecule has 0 aromatic carbocycles. The van der Waals surface area contributed by atoms with Crippen molar-refractivity contribution >= 4 is 27.3 Å². The Morgan fingerprint density at radius 2 is 2.50 bits per heavy atom. The van der Waals surface area contributed by atoms with Gasteiger partial charge in [-0.25, -0.2) is 0 Å². The molecule has 0 aliphatic carbocycles. The zero-order valence-corrected chi connectivity index (χ0v) is 10.2. The van der Waals surface area contributed by atoms with Crippen LogP contribution in [0.1, 0.15) is 4.88 Å². The van der Waals surface area contributed by atoms with Gasteiger partial charge in [-0.1, -0.05) is 11.6 Å². The van der Waals surface area contributed by atoms with Crippen molar-refractivity contribution in [3.8, 4) is 0 Å². The van der Waals surface area contributed by atoms with Crippen LogP contribution >= 0.6 is 27.3 Å². The van der Waals surface area contributed by atoms with Gasteiger partial charge in [0.1, 0.15) is 0 Å². The van der Waals surface area contributed by atoms with E-state index < -0.39 is 0 Å². The number of rotatable bonds is 2. The Morgan fingerprint density at radius 3 is 3.14 bits per heavy atom. The van der Waals surface area contributed by atoms with Crippen molar-refractivity contribution in [2.45, 2.75) is 12.5 Å². The van der Waals surface area contributed by atoms with E-state index in [1.54, 1.807) is 11.3 Å². The number of thiophene rings is 1. The lowest BCUT2D eigenvalue weighted by Crippen LogP contribution is -2.38. The van der Waals surface area contributed by atoms with Crippen molar-refractivity contribution in [1.29, 1.82) is 0 Å². The summed E-state index contributed by atoms with van der Waals surface area (Å²) >= 11 is 5.33. The second-order valence-corrected chi connectivity index (χ2v) is 5.34. The second-order valence-electron chi connectivity index (χ2n) is 3.49. The highest BCUT2D eigenvalue weighted by atomic mass is 79.9. The van der Waals surface area contributed by atoms with Crippen LogP contribution in [-0.4, -0.2) is 19.1 Å². The highest BCUT2D eigenvalue weighted by Gasteiger charge is 2.11. The maximum Gasteiger partial charge on any atom is 0.0354 e. The highest BCUT2D eigenvalue weighted by Crippen LogP contribution is 2.25. The summed E-state index contributed by atoms with van der Waals surface area (Å²) in [6, 6.07) is 2.27. The molecule has 1 aromatic rings. The Balaban J connectivity index is 2.07. The van der Waals surface area contributed by atoms with Gasteiger partial charge in [0, 0.05) is 34.9 Å². The van der Waals surface area contributed by atoms with Gasteiger partial charge in [0.2, 0.25) is 0 Å². The number of hydrogen-bond acceptors (Lipinski definition) is 3. The largest absolute Gasteiger partial charge is 0.323 e. The molecule has 1 unspecified atom stereocenters. The average Bonchev–Trinajstić information content (AvgIpc) is 2.52. The van der Waals surface area contributed by atoms with Crippen LogP contribution in [-0.2, 0) is 6.42 Å². The summed E-state index contributed by atoms with van der Waals surface area (Å²) in [4.78, 5) is 1.38. The molecule has 2 heterocycles. The van der Waals surface area contributed by atoms with Crippen LogP contribution in [0.25, 0.3) is 0 Å². The molecule has 0 fully saturated rings. The van der Waals surface area contributed by atoms with Gasteiger partial charge in [0.25, 0.3) is 0 Å². The van der Waals surface area contributed by atoms with Gasteiger partial charge in [0.15, 0.2) is 0 Å². The van der Waals surface area contributed by atoms with E-state index >= 15 is 0 Å². The molecule has 2 nitrogen and oxygen atoms in total. The Kier molecular flexibility index (Phi) is 3.38. The quantitative estimate of drug-likeness (QED) is 0.808. The van der Waals surface area contributed by atoms with Gasteiger partial charge in [-0.2, -0.15) is 0 Å². The first-order valence-electron chi connectivity index (χ1n) is 4.63. The zero-order chi connectivity index (χ0) is 9.97. The van der Waals surface area contributed by atoms with Gasteiger partial charge in [0.05, 0.1) is 0 Å². The summed E-state index contributed by atoms with van der Waals surface area (Å²) in [7, 11) is 0. The van der Waals surface area contributed by atoms with E-state index in [4.69, 9.17) is 5.73 Å². The topological polar surface area (TPSA) is 38.0 Å². The average molecular weight is 273 g/mol. The van der Waals surface area contributed by atoms with Crippen LogP contribution in [0.3, 0.4) is 0 Å². The minimum Gasteiger partial charge on any atom is -0.323 e. The normalized spacial score (nSPS) is 22.1. The first-order chi connectivity index (χ1) is 6.75. The molecular formula is C10H13BrN2S. The summed E-state index contributed by atoms with van der Waals surface area (Å²) in [6.07, 6.45) is 3.20. The summed E-state index contributed by atoms with van der Waals surface area (Å²) in [6.45, 7) is 1.87. The van der Waals surface area contributed by atoms with E-state index in [0.29, 0.717) is 0 Å². The lowest BCUT2D eigenvalue weighted by Gasteiger charge is -2.18. The molecule has 0 radical (unpaired) electrons. The lowest BCUT2D eigenvalue weighted by atomic mass is 10.1. The summed E-state index contributed by atoms with van der Waals surface area (Å²) in [5, 5.41) is 5.42. The van der Waals surface area contributed by atoms with Crippen LogP contribution in [0.15, 0.2) is 27.6 Å². The van der Waals surface area contributed by atoms with Gasteiger partial charge >= 0.3 is 0 Å². The van der Waals surface area contributed by atoms with Gasteiger partial charge in [-0.15, -0.1) is 11.3 Å². The molecule has 0 bridgehead atoms. The molecule has 76 valence electrons. The molecule has 2 rings (SSSR count). The smallest absolute Gasteiger partial charge is 0.0354 e. The molecule has 1 aliphatic heterocycles. The number of halogens is 1. The monoisotopic (exact) mass is 272 g/mol. The fraction of sp³-hybridized carbons (Fsp3) is 0.400. The molecule has 0 saturated carbocycles. The van der Waals surface area contributed by atoms with E-state index in [1.165, 1.54) is 14.9 Å². The third-order valence-corrected chi connectivity index (χ3v) is 4.19. The first-order valence-corrected chi connectivity index (χ1v) is 6.30. The minimum absolute atomic E-state index is 0.178. The van der Waals surface area contributed by atoms with Gasteiger partial charge < -0.3 is 11.1 Å². The molecule has 1 aliphatic rings. The molecule has 3 N–H and O–H groups in total. The van der Waals surface area contributed by atoms with E-state index in [2.05, 4.69) is 38.8 Å². The molecule has 1 aromatic heterocycles. The maximum absolute atomic E-state index is 5.84. The van der Waals surface area contributed by atoms with E-state index in [1.807, 2.05) is 0 Å². The third-order valence-electron chi connectivity index (χ3n) is 2.26. The summed E-state index contributed by atoms with van der Waals surface area (Å²) in [5.41, 5.74) is 7.24. The maximum atomic E-state index is 5.84. The van der Waals surface area contributed by atoms with Crippen molar-refractivity contribution in [3.63, 3.8) is 0 Å². The van der Waals surface area contributed by atoms with Crippen LogP contribution in [0.5, 0.6) is 0 Å². The number of nitrogens with two attached hydrogens (primary N) is 1. The fourth-order valence-corrected chi connectivity index (χ4v) is 3.14. The van der Waals surface area contributed by atoms with E-state index in [0.717, 1.165) is 19.5 Å². The van der Waals surface area contributed by atoms with Crippen molar-refractivity contribution in [3.05, 3.63) is 32.4 Å². The summed E-state index contributed by atoms with van der Waals surface area (Å²) in [5.74, 6) is 0. The molecule has 0 saturated heterocycles. The fourth-order valence-electron chi connectivity index (χ4n) is 1.60. The number of nitrogens with one attached hydrogen (secondary N) is 1. The summed E-state index contributed by atoms with van der Waals surface area (Å²) < 4.78 is 1.21. The van der Waals surface area contributed by atoms with Crippen LogP contribution < -0.4 is 11.1 Å². The lowest BCUT2D eigenvalue weighted by molar-refractivity contribution is 0.627. The molecular weight excluding hydrogens is 260 g/mol. The van der Waals surface area contributed by atoms with Crippen LogP contribution in [0.2, 0.25) is 0 Å². The number of hydrogen-bond donors (Lipinski definition) is 2. The zero-order valence-electron chi connectivity index (χ0n) is 7.79.